The third-order valence-electron chi connectivity index (χ3n) is 4.67. The van der Waals surface area contributed by atoms with Gasteiger partial charge >= 0.3 is 13.1 Å². The van der Waals surface area contributed by atoms with Crippen LogP contribution < -0.4 is 0 Å². The van der Waals surface area contributed by atoms with Crippen molar-refractivity contribution in [2.24, 2.45) is 0 Å². The van der Waals surface area contributed by atoms with Gasteiger partial charge in [0.25, 0.3) is 0 Å². The van der Waals surface area contributed by atoms with Crippen molar-refractivity contribution in [3.05, 3.63) is 34.6 Å². The quantitative estimate of drug-likeness (QED) is 0.587. The van der Waals surface area contributed by atoms with Crippen LogP contribution in [0.5, 0.6) is 0 Å². The van der Waals surface area contributed by atoms with Crippen LogP contribution in [0.25, 0.3) is 0 Å². The summed E-state index contributed by atoms with van der Waals surface area (Å²) >= 11 is 6.13. The predicted molar refractivity (Wildman–Crippen MR) is 91.5 cm³/mol. The number of rotatable bonds is 5. The number of benzene rings is 1. The SMILES string of the molecule is CCOC(=O)CC(B1OC(C)(C)C(C)(C)O1)c1cccc(F)c1Cl. The van der Waals surface area contributed by atoms with Crippen LogP contribution in [0.3, 0.4) is 0 Å². The lowest BCUT2D eigenvalue weighted by molar-refractivity contribution is -0.143. The Labute approximate surface area is 147 Å². The molecule has 1 aromatic carbocycles. The molecule has 0 spiro atoms. The summed E-state index contributed by atoms with van der Waals surface area (Å²) in [7, 11) is -0.723. The number of halogens is 2. The molecule has 4 nitrogen and oxygen atoms in total. The fourth-order valence-electron chi connectivity index (χ4n) is 2.61. The molecule has 0 saturated carbocycles. The Kier molecular flexibility index (Phi) is 5.62. The van der Waals surface area contributed by atoms with Crippen molar-refractivity contribution in [2.75, 3.05) is 6.61 Å². The molecule has 1 atom stereocenters. The second-order valence-electron chi connectivity index (χ2n) is 6.88. The van der Waals surface area contributed by atoms with Crippen molar-refractivity contribution >= 4 is 24.7 Å². The summed E-state index contributed by atoms with van der Waals surface area (Å²) in [4.78, 5) is 12.0. The molecule has 1 aromatic rings. The van der Waals surface area contributed by atoms with Crippen molar-refractivity contribution in [3.8, 4) is 0 Å². The van der Waals surface area contributed by atoms with Crippen molar-refractivity contribution < 1.29 is 23.2 Å². The van der Waals surface area contributed by atoms with Crippen LogP contribution in [0.4, 0.5) is 4.39 Å². The zero-order chi connectivity index (χ0) is 18.1. The molecule has 1 aliphatic rings. The van der Waals surface area contributed by atoms with Gasteiger partial charge < -0.3 is 14.0 Å². The van der Waals surface area contributed by atoms with E-state index in [0.717, 1.165) is 0 Å². The average Bonchev–Trinajstić information content (AvgIpc) is 2.68. The third-order valence-corrected chi connectivity index (χ3v) is 5.07. The first-order chi connectivity index (χ1) is 11.1. The normalized spacial score (nSPS) is 20.0. The van der Waals surface area contributed by atoms with E-state index in [1.54, 1.807) is 19.1 Å². The van der Waals surface area contributed by atoms with Crippen molar-refractivity contribution in [1.29, 1.82) is 0 Å². The second kappa shape index (κ2) is 7.02. The summed E-state index contributed by atoms with van der Waals surface area (Å²) in [5.41, 5.74) is -0.655. The molecule has 7 heteroatoms. The molecule has 1 heterocycles. The Morgan fingerprint density at radius 3 is 2.42 bits per heavy atom. The predicted octanol–water partition coefficient (Wildman–Crippen LogP) is 4.15. The highest BCUT2D eigenvalue weighted by Gasteiger charge is 2.54. The fraction of sp³-hybridized carbons (Fsp3) is 0.588. The first-order valence-electron chi connectivity index (χ1n) is 8.04. The molecular formula is C17H23BClFO4. The minimum atomic E-state index is -0.723. The lowest BCUT2D eigenvalue weighted by Crippen LogP contribution is -2.41. The molecule has 1 fully saturated rings. The van der Waals surface area contributed by atoms with Crippen molar-refractivity contribution in [1.82, 2.24) is 0 Å². The van der Waals surface area contributed by atoms with Gasteiger partial charge in [-0.15, -0.1) is 0 Å². The monoisotopic (exact) mass is 356 g/mol. The van der Waals surface area contributed by atoms with Gasteiger partial charge in [-0.05, 0) is 46.2 Å². The molecular weight excluding hydrogens is 333 g/mol. The number of carbonyl (C=O) groups excluding carboxylic acids is 1. The van der Waals surface area contributed by atoms with E-state index in [0.29, 0.717) is 5.56 Å². The van der Waals surface area contributed by atoms with E-state index in [1.165, 1.54) is 6.07 Å². The van der Waals surface area contributed by atoms with Gasteiger partial charge in [0.1, 0.15) is 5.82 Å². The highest BCUT2D eigenvalue weighted by Crippen LogP contribution is 2.43. The molecule has 2 rings (SSSR count). The summed E-state index contributed by atoms with van der Waals surface area (Å²) in [6.45, 7) is 9.68. The van der Waals surface area contributed by atoms with Gasteiger partial charge in [0.2, 0.25) is 0 Å². The first-order valence-corrected chi connectivity index (χ1v) is 8.42. The van der Waals surface area contributed by atoms with Crippen molar-refractivity contribution in [2.45, 2.75) is 58.1 Å². The van der Waals surface area contributed by atoms with E-state index in [9.17, 15) is 9.18 Å². The number of hydrogen-bond donors (Lipinski definition) is 0. The zero-order valence-corrected chi connectivity index (χ0v) is 15.4. The molecule has 132 valence electrons. The molecule has 1 saturated heterocycles. The van der Waals surface area contributed by atoms with E-state index in [2.05, 4.69) is 0 Å². The van der Waals surface area contributed by atoms with Gasteiger partial charge in [0.15, 0.2) is 0 Å². The summed E-state index contributed by atoms with van der Waals surface area (Å²) in [6.07, 6.45) is -0.00611. The van der Waals surface area contributed by atoms with Gasteiger partial charge in [0, 0.05) is 5.82 Å². The molecule has 1 aliphatic heterocycles. The number of ether oxygens (including phenoxy) is 1. The van der Waals surface area contributed by atoms with Gasteiger partial charge in [-0.25, -0.2) is 4.39 Å². The van der Waals surface area contributed by atoms with E-state index in [-0.39, 0.29) is 18.1 Å². The van der Waals surface area contributed by atoms with Gasteiger partial charge in [0.05, 0.1) is 29.3 Å². The molecule has 0 aromatic heterocycles. The molecule has 0 N–H and O–H groups in total. The molecule has 0 bridgehead atoms. The maximum absolute atomic E-state index is 13.9. The molecule has 1 unspecified atom stereocenters. The maximum atomic E-state index is 13.9. The number of hydrogen-bond acceptors (Lipinski definition) is 4. The molecule has 0 radical (unpaired) electrons. The summed E-state index contributed by atoms with van der Waals surface area (Å²) < 4.78 is 31.0. The van der Waals surface area contributed by atoms with Crippen LogP contribution in [0.1, 0.15) is 52.4 Å². The van der Waals surface area contributed by atoms with E-state index >= 15 is 0 Å². The Morgan fingerprint density at radius 2 is 1.88 bits per heavy atom. The molecule has 0 aliphatic carbocycles. The van der Waals surface area contributed by atoms with Crippen LogP contribution in [0.15, 0.2) is 18.2 Å². The average molecular weight is 357 g/mol. The smallest absolute Gasteiger partial charge is 0.466 e. The standard InChI is InChI=1S/C17H23BClFO4/c1-6-22-14(21)10-12(11-8-7-9-13(20)15(11)19)18-23-16(2,3)17(4,5)24-18/h7-9,12H,6,10H2,1-5H3. The van der Waals surface area contributed by atoms with E-state index in [1.807, 2.05) is 27.7 Å². The second-order valence-corrected chi connectivity index (χ2v) is 7.26. The van der Waals surface area contributed by atoms with Crippen LogP contribution in [0, 0.1) is 5.82 Å². The largest absolute Gasteiger partial charge is 0.466 e. The summed E-state index contributed by atoms with van der Waals surface area (Å²) in [5, 5.41) is -0.0264. The van der Waals surface area contributed by atoms with Crippen LogP contribution in [-0.4, -0.2) is 30.9 Å². The first kappa shape index (κ1) is 19.2. The van der Waals surface area contributed by atoms with E-state index < -0.39 is 35.9 Å². The molecule has 24 heavy (non-hydrogen) atoms. The van der Waals surface area contributed by atoms with E-state index in [4.69, 9.17) is 25.6 Å². The Morgan fingerprint density at radius 1 is 1.29 bits per heavy atom. The third kappa shape index (κ3) is 3.76. The van der Waals surface area contributed by atoms with Gasteiger partial charge in [-0.3, -0.25) is 4.79 Å². The minimum absolute atomic E-state index is 0.00611. The summed E-state index contributed by atoms with van der Waals surface area (Å²) in [6, 6.07) is 4.51. The van der Waals surface area contributed by atoms with Crippen LogP contribution in [0.2, 0.25) is 5.02 Å². The zero-order valence-electron chi connectivity index (χ0n) is 14.7. The minimum Gasteiger partial charge on any atom is -0.466 e. The van der Waals surface area contributed by atoms with Crippen molar-refractivity contribution in [3.63, 3.8) is 0 Å². The number of esters is 1. The lowest BCUT2D eigenvalue weighted by Gasteiger charge is -2.32. The highest BCUT2D eigenvalue weighted by atomic mass is 35.5. The lowest BCUT2D eigenvalue weighted by atomic mass is 9.66. The molecule has 0 amide bonds. The fourth-order valence-corrected chi connectivity index (χ4v) is 2.88. The Hall–Kier alpha value is -1.11. The van der Waals surface area contributed by atoms with Crippen LogP contribution >= 0.6 is 11.6 Å². The van der Waals surface area contributed by atoms with Crippen LogP contribution in [-0.2, 0) is 18.8 Å². The number of carbonyl (C=O) groups is 1. The Bertz CT molecular complexity index is 605. The van der Waals surface area contributed by atoms with Gasteiger partial charge in [-0.2, -0.15) is 0 Å². The topological polar surface area (TPSA) is 44.8 Å². The maximum Gasteiger partial charge on any atom is 0.466 e. The van der Waals surface area contributed by atoms with Gasteiger partial charge in [-0.1, -0.05) is 23.7 Å². The Balaban J connectivity index is 2.37. The summed E-state index contributed by atoms with van der Waals surface area (Å²) in [5.74, 6) is -1.51. The highest BCUT2D eigenvalue weighted by molar-refractivity contribution is 6.48.